The molecule has 1 amide bonds. The number of aryl methyl sites for hydroxylation is 1. The quantitative estimate of drug-likeness (QED) is 0.543. The van der Waals surface area contributed by atoms with Crippen molar-refractivity contribution in [2.45, 2.75) is 6.92 Å². The first-order valence-electron chi connectivity index (χ1n) is 7.90. The summed E-state index contributed by atoms with van der Waals surface area (Å²) < 4.78 is 0. The Morgan fingerprint density at radius 1 is 0.960 bits per heavy atom. The number of anilines is 2. The van der Waals surface area contributed by atoms with E-state index in [1.807, 2.05) is 73.7 Å². The van der Waals surface area contributed by atoms with Crippen LogP contribution in [0.2, 0.25) is 0 Å². The van der Waals surface area contributed by atoms with Crippen molar-refractivity contribution in [3.8, 4) is 6.07 Å². The number of benzene rings is 3. The van der Waals surface area contributed by atoms with Gasteiger partial charge in [0.05, 0.1) is 0 Å². The van der Waals surface area contributed by atoms with Gasteiger partial charge >= 0.3 is 0 Å². The predicted octanol–water partition coefficient (Wildman–Crippen LogP) is 4.61. The van der Waals surface area contributed by atoms with Crippen LogP contribution < -0.4 is 10.6 Å². The van der Waals surface area contributed by atoms with Crippen molar-refractivity contribution >= 4 is 28.1 Å². The molecule has 122 valence electrons. The molecule has 3 aromatic rings. The summed E-state index contributed by atoms with van der Waals surface area (Å²) >= 11 is 0. The van der Waals surface area contributed by atoms with Crippen LogP contribution in [0.1, 0.15) is 5.56 Å². The first-order chi connectivity index (χ1) is 12.2. The fourth-order valence-corrected chi connectivity index (χ4v) is 2.55. The summed E-state index contributed by atoms with van der Waals surface area (Å²) in [4.78, 5) is 12.3. The molecule has 4 heteroatoms. The number of hydrogen-bond donors (Lipinski definition) is 2. The normalized spacial score (nSPS) is 11.0. The molecule has 0 aliphatic heterocycles. The van der Waals surface area contributed by atoms with Gasteiger partial charge in [-0.2, -0.15) is 5.26 Å². The maximum atomic E-state index is 12.3. The number of nitriles is 1. The van der Waals surface area contributed by atoms with E-state index >= 15 is 0 Å². The third-order valence-electron chi connectivity index (χ3n) is 3.92. The molecule has 2 N–H and O–H groups in total. The third-order valence-corrected chi connectivity index (χ3v) is 3.92. The molecule has 3 aromatic carbocycles. The monoisotopic (exact) mass is 327 g/mol. The summed E-state index contributed by atoms with van der Waals surface area (Å²) in [6.45, 7) is 1.90. The maximum Gasteiger partial charge on any atom is 0.267 e. The molecule has 0 aromatic heterocycles. The summed E-state index contributed by atoms with van der Waals surface area (Å²) in [7, 11) is 0. The molecule has 4 nitrogen and oxygen atoms in total. The van der Waals surface area contributed by atoms with Gasteiger partial charge in [-0.15, -0.1) is 0 Å². The van der Waals surface area contributed by atoms with Crippen LogP contribution in [0.25, 0.3) is 10.8 Å². The van der Waals surface area contributed by atoms with E-state index in [4.69, 9.17) is 0 Å². The van der Waals surface area contributed by atoms with Crippen LogP contribution in [0.3, 0.4) is 0 Å². The average molecular weight is 327 g/mol. The molecule has 0 aliphatic carbocycles. The Hall–Kier alpha value is -3.58. The lowest BCUT2D eigenvalue weighted by molar-refractivity contribution is -0.112. The third kappa shape index (κ3) is 3.67. The lowest BCUT2D eigenvalue weighted by Gasteiger charge is -2.09. The van der Waals surface area contributed by atoms with E-state index in [1.54, 1.807) is 6.07 Å². The zero-order valence-corrected chi connectivity index (χ0v) is 13.8. The molecule has 0 saturated carbocycles. The molecule has 0 bridgehead atoms. The highest BCUT2D eigenvalue weighted by molar-refractivity contribution is 6.07. The number of para-hydroxylation sites is 1. The second-order valence-electron chi connectivity index (χ2n) is 5.61. The second kappa shape index (κ2) is 7.33. The van der Waals surface area contributed by atoms with Gasteiger partial charge in [-0.25, -0.2) is 0 Å². The molecule has 0 heterocycles. The van der Waals surface area contributed by atoms with Crippen LogP contribution in [0.15, 0.2) is 78.5 Å². The number of carbonyl (C=O) groups excluding carboxylic acids is 1. The first-order valence-corrected chi connectivity index (χ1v) is 7.90. The minimum atomic E-state index is -0.440. The number of amides is 1. The van der Waals surface area contributed by atoms with Gasteiger partial charge in [0.2, 0.25) is 0 Å². The lowest BCUT2D eigenvalue weighted by Crippen LogP contribution is -2.15. The summed E-state index contributed by atoms with van der Waals surface area (Å²) in [6.07, 6.45) is 1.44. The number of rotatable bonds is 4. The van der Waals surface area contributed by atoms with E-state index in [2.05, 4.69) is 10.6 Å². The highest BCUT2D eigenvalue weighted by atomic mass is 16.1. The Bertz CT molecular complexity index is 994. The molecule has 0 atom stereocenters. The van der Waals surface area contributed by atoms with E-state index in [-0.39, 0.29) is 5.57 Å². The summed E-state index contributed by atoms with van der Waals surface area (Å²) in [5.41, 5.74) is 2.49. The smallest absolute Gasteiger partial charge is 0.267 e. The van der Waals surface area contributed by atoms with Gasteiger partial charge in [0, 0.05) is 23.0 Å². The molecule has 0 radical (unpaired) electrons. The van der Waals surface area contributed by atoms with E-state index in [9.17, 15) is 10.1 Å². The summed E-state index contributed by atoms with van der Waals surface area (Å²) in [6, 6.07) is 23.2. The van der Waals surface area contributed by atoms with Crippen molar-refractivity contribution in [1.82, 2.24) is 0 Å². The van der Waals surface area contributed by atoms with Crippen LogP contribution >= 0.6 is 0 Å². The van der Waals surface area contributed by atoms with Crippen molar-refractivity contribution in [3.05, 3.63) is 84.1 Å². The summed E-state index contributed by atoms with van der Waals surface area (Å²) in [5.74, 6) is -0.440. The van der Waals surface area contributed by atoms with Crippen LogP contribution in [-0.2, 0) is 4.79 Å². The summed E-state index contributed by atoms with van der Waals surface area (Å²) in [5, 5.41) is 17.3. The van der Waals surface area contributed by atoms with Crippen LogP contribution in [0, 0.1) is 18.3 Å². The van der Waals surface area contributed by atoms with Gasteiger partial charge in [-0.1, -0.05) is 54.6 Å². The molecule has 0 unspecified atom stereocenters. The van der Waals surface area contributed by atoms with Crippen molar-refractivity contribution in [2.75, 3.05) is 10.6 Å². The molecule has 0 fully saturated rings. The molecular formula is C21H17N3O. The fourth-order valence-electron chi connectivity index (χ4n) is 2.55. The number of nitrogens with zero attached hydrogens (tertiary/aromatic N) is 1. The van der Waals surface area contributed by atoms with E-state index in [1.165, 1.54) is 6.20 Å². The minimum absolute atomic E-state index is 0.0104. The van der Waals surface area contributed by atoms with Crippen LogP contribution in [0.5, 0.6) is 0 Å². The lowest BCUT2D eigenvalue weighted by atomic mass is 10.1. The Labute approximate surface area is 146 Å². The Morgan fingerprint density at radius 3 is 2.44 bits per heavy atom. The van der Waals surface area contributed by atoms with E-state index in [0.29, 0.717) is 5.69 Å². The van der Waals surface area contributed by atoms with Crippen molar-refractivity contribution < 1.29 is 4.79 Å². The fraction of sp³-hybridized carbons (Fsp3) is 0.0476. The predicted molar refractivity (Wildman–Crippen MR) is 101 cm³/mol. The SMILES string of the molecule is Cc1ccccc1NC(=O)/C(C#N)=C\Nc1cccc2ccccc12. The number of nitrogens with one attached hydrogen (secondary N) is 2. The van der Waals surface area contributed by atoms with Crippen LogP contribution in [-0.4, -0.2) is 5.91 Å². The van der Waals surface area contributed by atoms with Crippen molar-refractivity contribution in [3.63, 3.8) is 0 Å². The number of fused-ring (bicyclic) bond motifs is 1. The molecular weight excluding hydrogens is 310 g/mol. The second-order valence-corrected chi connectivity index (χ2v) is 5.61. The van der Waals surface area contributed by atoms with Gasteiger partial charge in [-0.3, -0.25) is 4.79 Å². The van der Waals surface area contributed by atoms with Gasteiger partial charge in [0.1, 0.15) is 11.6 Å². The zero-order valence-electron chi connectivity index (χ0n) is 13.8. The van der Waals surface area contributed by atoms with Gasteiger partial charge in [-0.05, 0) is 30.0 Å². The van der Waals surface area contributed by atoms with Gasteiger partial charge < -0.3 is 10.6 Å². The standard InChI is InChI=1S/C21H17N3O/c1-15-7-2-5-11-19(15)24-21(25)17(13-22)14-23-20-12-6-9-16-8-3-4-10-18(16)20/h2-12,14,23H,1H3,(H,24,25)/b17-14-. The molecule has 0 saturated heterocycles. The van der Waals surface area contributed by atoms with Crippen LogP contribution in [0.4, 0.5) is 11.4 Å². The Balaban J connectivity index is 1.82. The highest BCUT2D eigenvalue weighted by Gasteiger charge is 2.10. The molecule has 0 aliphatic rings. The molecule has 3 rings (SSSR count). The van der Waals surface area contributed by atoms with Crippen molar-refractivity contribution in [1.29, 1.82) is 5.26 Å². The number of carbonyl (C=O) groups is 1. The Kier molecular flexibility index (Phi) is 4.77. The van der Waals surface area contributed by atoms with Crippen molar-refractivity contribution in [2.24, 2.45) is 0 Å². The minimum Gasteiger partial charge on any atom is -0.360 e. The Morgan fingerprint density at radius 2 is 1.64 bits per heavy atom. The molecule has 0 spiro atoms. The van der Waals surface area contributed by atoms with Gasteiger partial charge in [0.15, 0.2) is 0 Å². The average Bonchev–Trinajstić information content (AvgIpc) is 2.64. The largest absolute Gasteiger partial charge is 0.360 e. The number of hydrogen-bond acceptors (Lipinski definition) is 3. The van der Waals surface area contributed by atoms with E-state index in [0.717, 1.165) is 22.0 Å². The molecule has 25 heavy (non-hydrogen) atoms. The maximum absolute atomic E-state index is 12.3. The van der Waals surface area contributed by atoms with Gasteiger partial charge in [0.25, 0.3) is 5.91 Å². The first kappa shape index (κ1) is 16.3. The zero-order chi connectivity index (χ0) is 17.6. The topological polar surface area (TPSA) is 64.9 Å². The van der Waals surface area contributed by atoms with E-state index < -0.39 is 5.91 Å². The highest BCUT2D eigenvalue weighted by Crippen LogP contribution is 2.23.